The minimum atomic E-state index is -3.55. The Morgan fingerprint density at radius 1 is 0.608 bits per heavy atom. The average Bonchev–Trinajstić information content (AvgIpc) is 4.17. The van der Waals surface area contributed by atoms with E-state index < -0.39 is 12.7 Å². The fourth-order valence-electron chi connectivity index (χ4n) is 8.91. The summed E-state index contributed by atoms with van der Waals surface area (Å²) < 4.78 is 49.3. The number of carbonyl (C=O) groups is 1. The Kier molecular flexibility index (Phi) is 42.5. The molecule has 1 amide bonds. The number of allylic oxidation sites excluding steroid dienone is 4. The van der Waals surface area contributed by atoms with Crippen LogP contribution in [0.4, 0.5) is 11.4 Å². The zero-order valence-electron chi connectivity index (χ0n) is 48.9. The van der Waals surface area contributed by atoms with E-state index in [4.69, 9.17) is 27.9 Å². The molecule has 0 unspecified atom stereocenters. The molecule has 0 spiro atoms. The average molecular weight is 1130 g/mol. The molecule has 3 aromatic rings. The number of non-ortho nitro benzene ring substituents is 1. The number of ether oxygens (including phenoxy) is 3. The first-order chi connectivity index (χ1) is 38.8. The summed E-state index contributed by atoms with van der Waals surface area (Å²) in [5, 5.41) is 36.3. The first kappa shape index (κ1) is 69.2. The smallest absolute Gasteiger partial charge is 0.383 e. The molecule has 0 fully saturated rings. The molecular weight excluding hydrogens is 1030 g/mol. The van der Waals surface area contributed by atoms with Crippen molar-refractivity contribution in [2.45, 2.75) is 232 Å². The molecule has 0 aliphatic heterocycles. The van der Waals surface area contributed by atoms with Crippen molar-refractivity contribution in [2.75, 3.05) is 71.3 Å². The molecule has 2 heterocycles. The number of hydrogen-bond donors (Lipinski definition) is 3. The van der Waals surface area contributed by atoms with Crippen LogP contribution in [-0.4, -0.2) is 102 Å². The summed E-state index contributed by atoms with van der Waals surface area (Å²) in [6.07, 6.45) is 48.5. The molecule has 19 nitrogen and oxygen atoms in total. The third-order valence-electron chi connectivity index (χ3n) is 13.6. The minimum absolute atomic E-state index is 0.0286. The number of nitrogens with one attached hydrogen (secondary N) is 3. The summed E-state index contributed by atoms with van der Waals surface area (Å²) in [6.45, 7) is 9.52. The second kappa shape index (κ2) is 48.6. The van der Waals surface area contributed by atoms with Crippen LogP contribution in [0.3, 0.4) is 0 Å². The number of fused-ring (bicyclic) bond motifs is 1. The third kappa shape index (κ3) is 36.8. The predicted molar refractivity (Wildman–Crippen MR) is 316 cm³/mol. The lowest BCUT2D eigenvalue weighted by Gasteiger charge is -2.19. The van der Waals surface area contributed by atoms with Gasteiger partial charge in [0.15, 0.2) is 5.52 Å². The van der Waals surface area contributed by atoms with E-state index in [0.29, 0.717) is 95.8 Å². The second-order valence-corrected chi connectivity index (χ2v) is 22.5. The zero-order valence-corrected chi connectivity index (χ0v) is 49.8. The predicted octanol–water partition coefficient (Wildman–Crippen LogP) is 14.9. The van der Waals surface area contributed by atoms with Crippen molar-refractivity contribution in [1.82, 2.24) is 35.7 Å². The molecule has 20 heteroatoms. The van der Waals surface area contributed by atoms with E-state index in [1.165, 1.54) is 147 Å². The lowest BCUT2D eigenvalue weighted by Crippen LogP contribution is -2.27. The van der Waals surface area contributed by atoms with Crippen molar-refractivity contribution in [2.24, 2.45) is 0 Å². The summed E-state index contributed by atoms with van der Waals surface area (Å²) in [7, 11) is -3.55. The molecule has 0 bridgehead atoms. The van der Waals surface area contributed by atoms with E-state index in [-0.39, 0.29) is 23.7 Å². The first-order valence-corrected chi connectivity index (χ1v) is 32.4. The largest absolute Gasteiger partial charge is 0.405 e. The van der Waals surface area contributed by atoms with E-state index in [1.54, 1.807) is 10.7 Å². The van der Waals surface area contributed by atoms with Crippen LogP contribution in [-0.2, 0) is 45.7 Å². The number of nitro groups is 1. The van der Waals surface area contributed by atoms with Crippen molar-refractivity contribution >= 4 is 36.1 Å². The molecule has 3 rings (SSSR count). The van der Waals surface area contributed by atoms with Crippen LogP contribution in [0.1, 0.15) is 225 Å². The van der Waals surface area contributed by atoms with Gasteiger partial charge >= 0.3 is 13.4 Å². The molecule has 3 N–H and O–H groups in total. The van der Waals surface area contributed by atoms with E-state index in [0.717, 1.165) is 57.8 Å². The topological polar surface area (TPSA) is 229 Å². The van der Waals surface area contributed by atoms with Crippen LogP contribution in [0.15, 0.2) is 47.3 Å². The maximum Gasteiger partial charge on any atom is 0.405 e. The number of unbranched alkanes of at least 4 members (excludes halogenated alkanes) is 26. The van der Waals surface area contributed by atoms with Gasteiger partial charge in [0.2, 0.25) is 11.4 Å². The molecule has 79 heavy (non-hydrogen) atoms. The molecular formula is C59H104N9O10P. The molecule has 1 aromatic carbocycles. The molecule has 450 valence electrons. The van der Waals surface area contributed by atoms with Crippen molar-refractivity contribution in [1.29, 1.82) is 0 Å². The van der Waals surface area contributed by atoms with Crippen LogP contribution >= 0.6 is 7.75 Å². The second-order valence-electron chi connectivity index (χ2n) is 20.6. The van der Waals surface area contributed by atoms with Gasteiger partial charge < -0.3 is 24.8 Å². The van der Waals surface area contributed by atoms with Crippen LogP contribution < -0.4 is 15.7 Å². The van der Waals surface area contributed by atoms with E-state index in [2.05, 4.69) is 74.5 Å². The molecule has 0 aliphatic rings. The maximum atomic E-state index is 13.9. The highest BCUT2D eigenvalue weighted by Crippen LogP contribution is 2.44. The van der Waals surface area contributed by atoms with Crippen LogP contribution in [0.5, 0.6) is 0 Å². The van der Waals surface area contributed by atoms with Crippen molar-refractivity contribution in [3.8, 4) is 0 Å². The van der Waals surface area contributed by atoms with Crippen LogP contribution in [0.2, 0.25) is 0 Å². The summed E-state index contributed by atoms with van der Waals surface area (Å²) in [4.78, 5) is 22.9. The first-order valence-electron chi connectivity index (χ1n) is 30.8. The highest BCUT2D eigenvalue weighted by atomic mass is 31.2. The number of rotatable bonds is 57. The van der Waals surface area contributed by atoms with Gasteiger partial charge in [-0.15, -0.1) is 5.10 Å². The van der Waals surface area contributed by atoms with Gasteiger partial charge in [-0.1, -0.05) is 165 Å². The number of benzene rings is 1. The number of hydrogen-bond acceptors (Lipinski definition) is 15. The highest BCUT2D eigenvalue weighted by Gasteiger charge is 2.25. The number of nitro benzene ring substituents is 1. The Balaban J connectivity index is 1.20. The Morgan fingerprint density at radius 2 is 1.10 bits per heavy atom. The lowest BCUT2D eigenvalue weighted by molar-refractivity contribution is -0.383. The number of carbonyl (C=O) groups excluding carboxylic acids is 1. The van der Waals surface area contributed by atoms with E-state index >= 15 is 0 Å². The normalized spacial score (nSPS) is 12.0. The Hall–Kier alpha value is -4.10. The SMILES string of the molecule is CCCCCCCC/C=C\CCCCCCCCOP(=O)(NCc1cn(CCOCCOCCOCCNC(=O)CCCCCNc2ccc([N+](=O)[O-])c3nonc23)nn1)OCCCCCCCC/C=C\CCCCCCCC. The summed E-state index contributed by atoms with van der Waals surface area (Å²) in [5.74, 6) is -0.0286. The molecule has 0 radical (unpaired) electrons. The van der Waals surface area contributed by atoms with Crippen LogP contribution in [0.25, 0.3) is 11.0 Å². The standard InChI is InChI=1S/C59H104N9O10P/c1-3-5-7-9-11-13-15-17-19-21-23-25-27-29-31-36-44-76-79(72,77-45-37-32-30-28-26-24-22-20-18-16-14-12-10-8-6-4-2)62-52-54-53-67(66-63-54)43-47-74-49-51-75-50-48-73-46-42-61-57(69)38-34-33-35-41-60-55-39-40-56(68(70)71)59-58(55)64-78-65-59/h17-20,39-40,53,60H,3-16,21-38,41-52H2,1-2H3,(H,61,69)(H,62,72)/b19-17-,20-18-. The van der Waals surface area contributed by atoms with Gasteiger partial charge in [-0.25, -0.2) is 19.0 Å². The van der Waals surface area contributed by atoms with Gasteiger partial charge in [0, 0.05) is 31.8 Å². The monoisotopic (exact) mass is 1130 g/mol. The zero-order chi connectivity index (χ0) is 56.4. The number of anilines is 1. The molecule has 0 saturated carbocycles. The van der Waals surface area contributed by atoms with Gasteiger partial charge in [0.25, 0.3) is 0 Å². The highest BCUT2D eigenvalue weighted by molar-refractivity contribution is 7.51. The van der Waals surface area contributed by atoms with Crippen molar-refractivity contribution in [3.05, 3.63) is 58.4 Å². The Morgan fingerprint density at radius 3 is 1.66 bits per heavy atom. The molecule has 2 aromatic heterocycles. The third-order valence-corrected chi connectivity index (χ3v) is 15.2. The summed E-state index contributed by atoms with van der Waals surface area (Å²) in [5.41, 5.74) is 1.52. The summed E-state index contributed by atoms with van der Waals surface area (Å²) >= 11 is 0. The van der Waals surface area contributed by atoms with Crippen molar-refractivity contribution in [3.63, 3.8) is 0 Å². The summed E-state index contributed by atoms with van der Waals surface area (Å²) in [6, 6.07) is 2.97. The van der Waals surface area contributed by atoms with Crippen molar-refractivity contribution < 1.29 is 42.2 Å². The van der Waals surface area contributed by atoms with Gasteiger partial charge in [-0.05, 0) is 93.4 Å². The lowest BCUT2D eigenvalue weighted by atomic mass is 10.1. The fraction of sp³-hybridized carbons (Fsp3) is 0.780. The molecule has 0 atom stereocenters. The van der Waals surface area contributed by atoms with Gasteiger partial charge in [0.1, 0.15) is 0 Å². The number of nitrogens with zero attached hydrogens (tertiary/aromatic N) is 6. The molecule has 0 saturated heterocycles. The molecule has 0 aliphatic carbocycles. The number of aromatic nitrogens is 5. The quantitative estimate of drug-likeness (QED) is 0.0157. The van der Waals surface area contributed by atoms with Gasteiger partial charge in [0.05, 0.1) is 82.2 Å². The maximum absolute atomic E-state index is 13.9. The van der Waals surface area contributed by atoms with E-state index in [9.17, 15) is 19.5 Å². The van der Waals surface area contributed by atoms with Gasteiger partial charge in [-0.2, -0.15) is 0 Å². The van der Waals surface area contributed by atoms with Gasteiger partial charge in [-0.3, -0.25) is 24.0 Å². The minimum Gasteiger partial charge on any atom is -0.383 e. The fourth-order valence-corrected chi connectivity index (χ4v) is 10.3. The van der Waals surface area contributed by atoms with Crippen LogP contribution in [0, 0.1) is 10.1 Å². The van der Waals surface area contributed by atoms with E-state index in [1.807, 2.05) is 6.20 Å². The Bertz CT molecular complexity index is 2010. The number of amides is 1. The Labute approximate surface area is 474 Å².